The minimum Gasteiger partial charge on any atom is -0.395 e. The van der Waals surface area contributed by atoms with Gasteiger partial charge in [0.05, 0.1) is 17.7 Å². The molecule has 0 spiro atoms. The number of H-pyrrole nitrogens is 1. The third-order valence-electron chi connectivity index (χ3n) is 2.64. The van der Waals surface area contributed by atoms with Crippen LogP contribution in [0.2, 0.25) is 0 Å². The molecular weight excluding hydrogens is 290 g/mol. The zero-order valence-corrected chi connectivity index (χ0v) is 12.0. The number of aliphatic hydroxyl groups excluding tert-OH is 1. The van der Waals surface area contributed by atoms with Gasteiger partial charge in [-0.15, -0.1) is 0 Å². The van der Waals surface area contributed by atoms with Crippen LogP contribution in [0.25, 0.3) is 0 Å². The lowest BCUT2D eigenvalue weighted by molar-refractivity contribution is 0.305. The quantitative estimate of drug-likeness (QED) is 0.706. The summed E-state index contributed by atoms with van der Waals surface area (Å²) in [6.07, 6.45) is 3.54. The largest absolute Gasteiger partial charge is 0.395 e. The van der Waals surface area contributed by atoms with Gasteiger partial charge in [-0.1, -0.05) is 17.9 Å². The Morgan fingerprint density at radius 1 is 1.38 bits per heavy atom. The van der Waals surface area contributed by atoms with Crippen molar-refractivity contribution in [3.63, 3.8) is 0 Å². The van der Waals surface area contributed by atoms with Gasteiger partial charge in [0.2, 0.25) is 10.0 Å². The molecule has 1 aromatic carbocycles. The maximum atomic E-state index is 12.2. The minimum absolute atomic E-state index is 0.0166. The summed E-state index contributed by atoms with van der Waals surface area (Å²) in [7, 11) is -3.60. The molecular formula is C14H15N3O3S. The number of aromatic amines is 1. The van der Waals surface area contributed by atoms with E-state index in [2.05, 4.69) is 26.8 Å². The average Bonchev–Trinajstić information content (AvgIpc) is 2.99. The highest BCUT2D eigenvalue weighted by Crippen LogP contribution is 2.11. The summed E-state index contributed by atoms with van der Waals surface area (Å²) in [5.41, 5.74) is 1.34. The molecule has 0 saturated carbocycles. The van der Waals surface area contributed by atoms with E-state index in [0.717, 1.165) is 5.56 Å². The first kappa shape index (κ1) is 15.3. The van der Waals surface area contributed by atoms with Gasteiger partial charge in [-0.25, -0.2) is 13.1 Å². The van der Waals surface area contributed by atoms with Crippen molar-refractivity contribution in [2.24, 2.45) is 0 Å². The van der Waals surface area contributed by atoms with E-state index < -0.39 is 10.0 Å². The number of hydrogen-bond donors (Lipinski definition) is 3. The van der Waals surface area contributed by atoms with Crippen molar-refractivity contribution in [3.8, 4) is 11.8 Å². The van der Waals surface area contributed by atoms with Crippen LogP contribution >= 0.6 is 0 Å². The SMILES string of the molecule is O=S(=O)(NCc1cn[nH]c1)c1cccc(C#CCCO)c1. The van der Waals surface area contributed by atoms with Crippen molar-refractivity contribution in [3.05, 3.63) is 47.8 Å². The highest BCUT2D eigenvalue weighted by atomic mass is 32.2. The molecule has 1 aromatic heterocycles. The molecule has 0 unspecified atom stereocenters. The van der Waals surface area contributed by atoms with Gasteiger partial charge < -0.3 is 5.11 Å². The van der Waals surface area contributed by atoms with E-state index in [1.54, 1.807) is 24.5 Å². The Kier molecular flexibility index (Phi) is 5.11. The number of benzene rings is 1. The van der Waals surface area contributed by atoms with Crippen LogP contribution < -0.4 is 4.72 Å². The fourth-order valence-electron chi connectivity index (χ4n) is 1.60. The van der Waals surface area contributed by atoms with Crippen LogP contribution in [0.3, 0.4) is 0 Å². The number of aromatic nitrogens is 2. The fraction of sp³-hybridized carbons (Fsp3) is 0.214. The van der Waals surface area contributed by atoms with E-state index in [4.69, 9.17) is 5.11 Å². The molecule has 2 aromatic rings. The highest BCUT2D eigenvalue weighted by molar-refractivity contribution is 7.89. The van der Waals surface area contributed by atoms with Crippen molar-refractivity contribution in [2.75, 3.05) is 6.61 Å². The van der Waals surface area contributed by atoms with Crippen LogP contribution in [0.1, 0.15) is 17.5 Å². The van der Waals surface area contributed by atoms with E-state index in [1.165, 1.54) is 12.1 Å². The lowest BCUT2D eigenvalue weighted by Crippen LogP contribution is -2.23. The van der Waals surface area contributed by atoms with Gasteiger partial charge in [0.25, 0.3) is 0 Å². The average molecular weight is 305 g/mol. The van der Waals surface area contributed by atoms with Crippen LogP contribution in [-0.2, 0) is 16.6 Å². The summed E-state index contributed by atoms with van der Waals surface area (Å²) < 4.78 is 26.9. The second-order valence-electron chi connectivity index (χ2n) is 4.23. The molecule has 0 atom stereocenters. The summed E-state index contributed by atoms with van der Waals surface area (Å²) in [4.78, 5) is 0.154. The molecule has 3 N–H and O–H groups in total. The van der Waals surface area contributed by atoms with Crippen LogP contribution in [0.5, 0.6) is 0 Å². The van der Waals surface area contributed by atoms with Gasteiger partial charge in [-0.3, -0.25) is 5.10 Å². The standard InChI is InChI=1S/C14H15N3O3S/c18-7-2-1-4-12-5-3-6-14(8-12)21(19,20)17-11-13-9-15-16-10-13/h3,5-6,8-10,17-18H,2,7,11H2,(H,15,16). The smallest absolute Gasteiger partial charge is 0.240 e. The normalized spacial score (nSPS) is 10.9. The Labute approximate surface area is 123 Å². The molecule has 0 bridgehead atoms. The molecule has 2 rings (SSSR count). The molecule has 7 heteroatoms. The van der Waals surface area contributed by atoms with Gasteiger partial charge in [-0.05, 0) is 18.2 Å². The molecule has 0 fully saturated rings. The predicted octanol–water partition coefficient (Wildman–Crippen LogP) is 0.622. The van der Waals surface area contributed by atoms with E-state index >= 15 is 0 Å². The van der Waals surface area contributed by atoms with Gasteiger partial charge in [0.15, 0.2) is 0 Å². The van der Waals surface area contributed by atoms with E-state index in [-0.39, 0.29) is 18.0 Å². The monoisotopic (exact) mass is 305 g/mol. The maximum Gasteiger partial charge on any atom is 0.240 e. The Morgan fingerprint density at radius 3 is 2.95 bits per heavy atom. The first-order valence-electron chi connectivity index (χ1n) is 6.29. The van der Waals surface area contributed by atoms with Crippen LogP contribution in [0.15, 0.2) is 41.6 Å². The third kappa shape index (κ3) is 4.43. The van der Waals surface area contributed by atoms with Gasteiger partial charge >= 0.3 is 0 Å². The Hall–Kier alpha value is -2.14. The zero-order chi connectivity index (χ0) is 15.1. The van der Waals surface area contributed by atoms with Crippen molar-refractivity contribution in [2.45, 2.75) is 17.9 Å². The molecule has 1 heterocycles. The molecule has 110 valence electrons. The number of rotatable bonds is 5. The molecule has 0 aliphatic heterocycles. The molecule has 0 amide bonds. The zero-order valence-electron chi connectivity index (χ0n) is 11.2. The van der Waals surface area contributed by atoms with Crippen LogP contribution in [0.4, 0.5) is 0 Å². The van der Waals surface area contributed by atoms with Crippen molar-refractivity contribution < 1.29 is 13.5 Å². The van der Waals surface area contributed by atoms with E-state index in [9.17, 15) is 8.42 Å². The Morgan fingerprint density at radius 2 is 2.24 bits per heavy atom. The molecule has 0 saturated heterocycles. The third-order valence-corrected chi connectivity index (χ3v) is 4.03. The number of hydrogen-bond acceptors (Lipinski definition) is 4. The first-order valence-corrected chi connectivity index (χ1v) is 7.77. The molecule has 0 aliphatic carbocycles. The number of nitrogens with zero attached hydrogens (tertiary/aromatic N) is 1. The highest BCUT2D eigenvalue weighted by Gasteiger charge is 2.13. The topological polar surface area (TPSA) is 95.1 Å². The predicted molar refractivity (Wildman–Crippen MR) is 77.6 cm³/mol. The van der Waals surface area contributed by atoms with Gasteiger partial charge in [-0.2, -0.15) is 5.10 Å². The number of aliphatic hydroxyl groups is 1. The van der Waals surface area contributed by atoms with Crippen LogP contribution in [0, 0.1) is 11.8 Å². The molecule has 0 radical (unpaired) electrons. The van der Waals surface area contributed by atoms with E-state index in [1.807, 2.05) is 0 Å². The first-order chi connectivity index (χ1) is 10.1. The van der Waals surface area contributed by atoms with Gasteiger partial charge in [0.1, 0.15) is 0 Å². The summed E-state index contributed by atoms with van der Waals surface area (Å²) >= 11 is 0. The Bertz CT molecular complexity index is 743. The van der Waals surface area contributed by atoms with Gasteiger partial charge in [0, 0.05) is 30.3 Å². The van der Waals surface area contributed by atoms with Crippen molar-refractivity contribution >= 4 is 10.0 Å². The maximum absolute atomic E-state index is 12.2. The Balaban J connectivity index is 2.12. The minimum atomic E-state index is -3.60. The molecule has 0 aliphatic rings. The van der Waals surface area contributed by atoms with E-state index in [0.29, 0.717) is 12.0 Å². The van der Waals surface area contributed by atoms with Crippen LogP contribution in [-0.4, -0.2) is 30.3 Å². The number of nitrogens with one attached hydrogen (secondary N) is 2. The van der Waals surface area contributed by atoms with Crippen molar-refractivity contribution in [1.29, 1.82) is 0 Å². The van der Waals surface area contributed by atoms with Crippen molar-refractivity contribution in [1.82, 2.24) is 14.9 Å². The lowest BCUT2D eigenvalue weighted by atomic mass is 10.2. The summed E-state index contributed by atoms with van der Waals surface area (Å²) in [5.74, 6) is 5.57. The number of sulfonamides is 1. The second kappa shape index (κ2) is 7.04. The summed E-state index contributed by atoms with van der Waals surface area (Å²) in [6.45, 7) is 0.149. The second-order valence-corrected chi connectivity index (χ2v) is 6.00. The molecule has 6 nitrogen and oxygen atoms in total. The summed E-state index contributed by atoms with van der Waals surface area (Å²) in [5, 5.41) is 15.0. The molecule has 21 heavy (non-hydrogen) atoms. The summed E-state index contributed by atoms with van der Waals surface area (Å²) in [6, 6.07) is 6.37. The fourth-order valence-corrected chi connectivity index (χ4v) is 2.66. The lowest BCUT2D eigenvalue weighted by Gasteiger charge is -2.05.